The Labute approximate surface area is 141 Å². The van der Waals surface area contributed by atoms with Crippen LogP contribution in [0.2, 0.25) is 0 Å². The van der Waals surface area contributed by atoms with Gasteiger partial charge < -0.3 is 15.0 Å². The molecule has 2 atom stereocenters. The molecular weight excluding hydrogens is 302 g/mol. The number of aromatic amines is 1. The molecule has 124 valence electrons. The fraction of sp³-hybridized carbons (Fsp3) is 0.263. The third-order valence-corrected chi connectivity index (χ3v) is 3.85. The minimum Gasteiger partial charge on any atom is -0.481 e. The number of aryl methyl sites for hydroxylation is 1. The molecule has 2 N–H and O–H groups in total. The summed E-state index contributed by atoms with van der Waals surface area (Å²) in [5.41, 5.74) is 2.94. The SMILES string of the molecule is Cc1cccc(O[C@@H](C)C(=O)N[C@@H](C)c2nc3ccccc3[nH]2)c1. The smallest absolute Gasteiger partial charge is 0.261 e. The summed E-state index contributed by atoms with van der Waals surface area (Å²) in [5.74, 6) is 1.24. The number of aromatic nitrogens is 2. The second kappa shape index (κ2) is 6.74. The Morgan fingerprint density at radius 1 is 1.17 bits per heavy atom. The molecule has 1 amide bonds. The van der Waals surface area contributed by atoms with Crippen LogP contribution in [0, 0.1) is 6.92 Å². The van der Waals surface area contributed by atoms with E-state index in [0.717, 1.165) is 22.4 Å². The Morgan fingerprint density at radius 2 is 1.96 bits per heavy atom. The van der Waals surface area contributed by atoms with Gasteiger partial charge in [-0.3, -0.25) is 4.79 Å². The Morgan fingerprint density at radius 3 is 2.71 bits per heavy atom. The first-order valence-electron chi connectivity index (χ1n) is 8.01. The molecule has 0 aliphatic carbocycles. The molecule has 0 fully saturated rings. The Balaban J connectivity index is 1.64. The van der Waals surface area contributed by atoms with Crippen LogP contribution in [0.1, 0.15) is 31.3 Å². The number of carbonyl (C=O) groups is 1. The second-order valence-corrected chi connectivity index (χ2v) is 5.95. The predicted molar refractivity (Wildman–Crippen MR) is 93.9 cm³/mol. The van der Waals surface area contributed by atoms with E-state index >= 15 is 0 Å². The van der Waals surface area contributed by atoms with E-state index in [9.17, 15) is 4.79 Å². The molecule has 0 saturated heterocycles. The summed E-state index contributed by atoms with van der Waals surface area (Å²) in [5, 5.41) is 2.93. The number of amides is 1. The van der Waals surface area contributed by atoms with Crippen LogP contribution in [0.25, 0.3) is 11.0 Å². The number of para-hydroxylation sites is 2. The number of nitrogens with one attached hydrogen (secondary N) is 2. The van der Waals surface area contributed by atoms with E-state index in [1.807, 2.05) is 62.4 Å². The highest BCUT2D eigenvalue weighted by molar-refractivity contribution is 5.81. The molecule has 0 saturated carbocycles. The summed E-state index contributed by atoms with van der Waals surface area (Å²) in [6, 6.07) is 15.2. The standard InChI is InChI=1S/C19H21N3O2/c1-12-7-6-8-15(11-12)24-14(3)19(23)20-13(2)18-21-16-9-4-5-10-17(16)22-18/h4-11,13-14H,1-3H3,(H,20,23)(H,21,22)/t13-,14-/m0/s1. The number of rotatable bonds is 5. The maximum absolute atomic E-state index is 12.4. The van der Waals surface area contributed by atoms with Gasteiger partial charge in [-0.15, -0.1) is 0 Å². The van der Waals surface area contributed by atoms with Gasteiger partial charge in [-0.1, -0.05) is 24.3 Å². The van der Waals surface area contributed by atoms with Gasteiger partial charge in [-0.05, 0) is 50.6 Å². The molecule has 3 rings (SSSR count). The molecule has 0 aliphatic heterocycles. The number of hydrogen-bond donors (Lipinski definition) is 2. The summed E-state index contributed by atoms with van der Waals surface area (Å²) in [6.07, 6.45) is -0.585. The second-order valence-electron chi connectivity index (χ2n) is 5.95. The van der Waals surface area contributed by atoms with Gasteiger partial charge in [0.25, 0.3) is 5.91 Å². The average Bonchev–Trinajstić information content (AvgIpc) is 2.99. The third-order valence-electron chi connectivity index (χ3n) is 3.85. The van der Waals surface area contributed by atoms with Crippen LogP contribution in [0.15, 0.2) is 48.5 Å². The lowest BCUT2D eigenvalue weighted by molar-refractivity contribution is -0.128. The highest BCUT2D eigenvalue weighted by atomic mass is 16.5. The maximum Gasteiger partial charge on any atom is 0.261 e. The molecule has 0 aliphatic rings. The molecule has 0 unspecified atom stereocenters. The zero-order chi connectivity index (χ0) is 17.1. The molecule has 1 aromatic heterocycles. The van der Waals surface area contributed by atoms with Crippen LogP contribution in [0.4, 0.5) is 0 Å². The van der Waals surface area contributed by atoms with Crippen molar-refractivity contribution in [2.45, 2.75) is 32.9 Å². The van der Waals surface area contributed by atoms with Crippen molar-refractivity contribution in [3.8, 4) is 5.75 Å². The predicted octanol–water partition coefficient (Wildman–Crippen LogP) is 3.52. The fourth-order valence-corrected chi connectivity index (χ4v) is 2.52. The molecule has 0 bridgehead atoms. The number of imidazole rings is 1. The monoisotopic (exact) mass is 323 g/mol. The molecule has 0 spiro atoms. The summed E-state index contributed by atoms with van der Waals surface area (Å²) in [6.45, 7) is 5.62. The highest BCUT2D eigenvalue weighted by Crippen LogP contribution is 2.17. The molecule has 24 heavy (non-hydrogen) atoms. The molecule has 0 radical (unpaired) electrons. The molecule has 3 aromatic rings. The van der Waals surface area contributed by atoms with Gasteiger partial charge in [0.2, 0.25) is 0 Å². The van der Waals surface area contributed by atoms with Gasteiger partial charge in [0.15, 0.2) is 6.10 Å². The molecule has 2 aromatic carbocycles. The topological polar surface area (TPSA) is 67.0 Å². The first-order chi connectivity index (χ1) is 11.5. The summed E-state index contributed by atoms with van der Waals surface area (Å²) < 4.78 is 5.71. The zero-order valence-corrected chi connectivity index (χ0v) is 14.0. The van der Waals surface area contributed by atoms with E-state index in [2.05, 4.69) is 15.3 Å². The van der Waals surface area contributed by atoms with Crippen molar-refractivity contribution in [3.05, 3.63) is 59.9 Å². The molecule has 5 nitrogen and oxygen atoms in total. The minimum atomic E-state index is -0.585. The van der Waals surface area contributed by atoms with Crippen LogP contribution in [-0.4, -0.2) is 22.0 Å². The minimum absolute atomic E-state index is 0.176. The van der Waals surface area contributed by atoms with Crippen molar-refractivity contribution < 1.29 is 9.53 Å². The van der Waals surface area contributed by atoms with Crippen molar-refractivity contribution in [1.82, 2.24) is 15.3 Å². The van der Waals surface area contributed by atoms with Gasteiger partial charge in [0.1, 0.15) is 11.6 Å². The lowest BCUT2D eigenvalue weighted by atomic mass is 10.2. The van der Waals surface area contributed by atoms with Crippen molar-refractivity contribution >= 4 is 16.9 Å². The van der Waals surface area contributed by atoms with Gasteiger partial charge in [-0.25, -0.2) is 4.98 Å². The van der Waals surface area contributed by atoms with E-state index in [1.54, 1.807) is 6.92 Å². The van der Waals surface area contributed by atoms with Crippen molar-refractivity contribution in [2.75, 3.05) is 0 Å². The van der Waals surface area contributed by atoms with Gasteiger partial charge in [0.05, 0.1) is 17.1 Å². The number of carbonyl (C=O) groups excluding carboxylic acids is 1. The number of nitrogens with zero attached hydrogens (tertiary/aromatic N) is 1. The summed E-state index contributed by atoms with van der Waals surface area (Å²) >= 11 is 0. The van der Waals surface area contributed by atoms with E-state index in [0.29, 0.717) is 5.75 Å². The van der Waals surface area contributed by atoms with E-state index in [-0.39, 0.29) is 11.9 Å². The quantitative estimate of drug-likeness (QED) is 0.755. The van der Waals surface area contributed by atoms with Crippen LogP contribution >= 0.6 is 0 Å². The van der Waals surface area contributed by atoms with Crippen LogP contribution in [0.3, 0.4) is 0 Å². The first kappa shape index (κ1) is 16.1. The zero-order valence-electron chi connectivity index (χ0n) is 14.0. The Kier molecular flexibility index (Phi) is 4.51. The summed E-state index contributed by atoms with van der Waals surface area (Å²) in [4.78, 5) is 20.1. The van der Waals surface area contributed by atoms with Crippen LogP contribution in [-0.2, 0) is 4.79 Å². The highest BCUT2D eigenvalue weighted by Gasteiger charge is 2.19. The first-order valence-corrected chi connectivity index (χ1v) is 8.01. The maximum atomic E-state index is 12.4. The summed E-state index contributed by atoms with van der Waals surface area (Å²) in [7, 11) is 0. The Bertz CT molecular complexity index is 823. The number of hydrogen-bond acceptors (Lipinski definition) is 3. The number of benzene rings is 2. The number of ether oxygens (including phenoxy) is 1. The largest absolute Gasteiger partial charge is 0.481 e. The van der Waals surface area contributed by atoms with E-state index < -0.39 is 6.10 Å². The van der Waals surface area contributed by atoms with Crippen molar-refractivity contribution in [2.24, 2.45) is 0 Å². The number of H-pyrrole nitrogens is 1. The van der Waals surface area contributed by atoms with Crippen LogP contribution < -0.4 is 10.1 Å². The van der Waals surface area contributed by atoms with Crippen LogP contribution in [0.5, 0.6) is 5.75 Å². The van der Waals surface area contributed by atoms with Gasteiger partial charge in [0, 0.05) is 0 Å². The van der Waals surface area contributed by atoms with Gasteiger partial charge in [-0.2, -0.15) is 0 Å². The average molecular weight is 323 g/mol. The number of fused-ring (bicyclic) bond motifs is 1. The Hall–Kier alpha value is -2.82. The van der Waals surface area contributed by atoms with E-state index in [4.69, 9.17) is 4.74 Å². The van der Waals surface area contributed by atoms with E-state index in [1.165, 1.54) is 0 Å². The molecule has 1 heterocycles. The molecule has 5 heteroatoms. The lowest BCUT2D eigenvalue weighted by Crippen LogP contribution is -2.38. The fourth-order valence-electron chi connectivity index (χ4n) is 2.52. The normalized spacial score (nSPS) is 13.5. The van der Waals surface area contributed by atoms with Crippen molar-refractivity contribution in [3.63, 3.8) is 0 Å². The molecular formula is C19H21N3O2. The third kappa shape index (κ3) is 3.56. The van der Waals surface area contributed by atoms with Gasteiger partial charge >= 0.3 is 0 Å². The van der Waals surface area contributed by atoms with Crippen molar-refractivity contribution in [1.29, 1.82) is 0 Å². The lowest BCUT2D eigenvalue weighted by Gasteiger charge is -2.17.